The Bertz CT molecular complexity index is 1360. The molecular weight excluding hydrogens is 468 g/mol. The molecule has 178 valence electrons. The van der Waals surface area contributed by atoms with E-state index in [1.54, 1.807) is 0 Å². The average Bonchev–Trinajstić information content (AvgIpc) is 3.34. The van der Waals surface area contributed by atoms with Crippen LogP contribution in [0.4, 0.5) is 5.69 Å². The molecule has 1 aliphatic heterocycles. The molecule has 0 amide bonds. The molecule has 0 aliphatic carbocycles. The Hall–Kier alpha value is -3.81. The zero-order valence-corrected chi connectivity index (χ0v) is 18.8. The third kappa shape index (κ3) is 4.35. The van der Waals surface area contributed by atoms with Gasteiger partial charge in [0.15, 0.2) is 5.78 Å². The van der Waals surface area contributed by atoms with Crippen LogP contribution in [0.1, 0.15) is 15.9 Å². The summed E-state index contributed by atoms with van der Waals surface area (Å²) in [7, 11) is -2.53. The van der Waals surface area contributed by atoms with Crippen LogP contribution in [0.3, 0.4) is 0 Å². The highest BCUT2D eigenvalue weighted by Crippen LogP contribution is 2.29. The predicted octanol–water partition coefficient (Wildman–Crippen LogP) is 1.75. The van der Waals surface area contributed by atoms with Gasteiger partial charge in [0.2, 0.25) is 10.0 Å². The van der Waals surface area contributed by atoms with E-state index in [4.69, 9.17) is 9.47 Å². The number of methoxy groups -OCH3 is 1. The molecule has 1 aliphatic rings. The Balaban J connectivity index is 1.69. The number of ether oxygens (including phenoxy) is 2. The summed E-state index contributed by atoms with van der Waals surface area (Å²) in [6, 6.07) is 7.65. The molecule has 1 N–H and O–H groups in total. The molecule has 4 rings (SSSR count). The lowest BCUT2D eigenvalue weighted by Gasteiger charge is -2.26. The van der Waals surface area contributed by atoms with Crippen LogP contribution in [0.2, 0.25) is 0 Å². The van der Waals surface area contributed by atoms with Gasteiger partial charge in [-0.15, -0.1) is 0 Å². The van der Waals surface area contributed by atoms with Crippen LogP contribution in [0.15, 0.2) is 53.7 Å². The van der Waals surface area contributed by atoms with Crippen molar-refractivity contribution in [2.45, 2.75) is 4.90 Å². The van der Waals surface area contributed by atoms with Gasteiger partial charge in [0.1, 0.15) is 17.2 Å². The number of hydrogen-bond acceptors (Lipinski definition) is 9. The van der Waals surface area contributed by atoms with Gasteiger partial charge in [-0.1, -0.05) is 0 Å². The number of phenolic OH excluding ortho intramolecular Hbond substituents is 1. The first-order chi connectivity index (χ1) is 16.2. The molecule has 3 aromatic rings. The first-order valence-corrected chi connectivity index (χ1v) is 11.5. The molecule has 1 aromatic heterocycles. The third-order valence-electron chi connectivity index (χ3n) is 5.29. The summed E-state index contributed by atoms with van der Waals surface area (Å²) in [6.45, 7) is 0.790. The fraction of sp³-hybridized carbons (Fsp3) is 0.238. The van der Waals surface area contributed by atoms with E-state index in [1.165, 1.54) is 54.1 Å². The number of hydrogen-bond donors (Lipinski definition) is 1. The summed E-state index contributed by atoms with van der Waals surface area (Å²) in [5.74, 6) is -0.472. The zero-order valence-electron chi connectivity index (χ0n) is 17.9. The highest BCUT2D eigenvalue weighted by atomic mass is 32.2. The van der Waals surface area contributed by atoms with E-state index in [2.05, 4.69) is 5.10 Å². The Morgan fingerprint density at radius 1 is 1.21 bits per heavy atom. The minimum atomic E-state index is -3.95. The van der Waals surface area contributed by atoms with Crippen LogP contribution in [0.5, 0.6) is 11.5 Å². The Kier molecular flexibility index (Phi) is 6.32. The molecule has 2 aromatic carbocycles. The van der Waals surface area contributed by atoms with E-state index in [0.29, 0.717) is 5.75 Å². The highest BCUT2D eigenvalue weighted by Gasteiger charge is 2.29. The largest absolute Gasteiger partial charge is 0.507 e. The molecule has 12 nitrogen and oxygen atoms in total. The van der Waals surface area contributed by atoms with E-state index in [1.807, 2.05) is 0 Å². The standard InChI is InChI=1S/C21H20N4O8S/c1-32-15-2-5-20(26)17(10-15)21(27)14-12-22-24(13-14)18-4-3-16(11-19(18)25(28)29)34(30,31)23-6-8-33-9-7-23/h2-5,10-13,26H,6-9H2,1H3. The Labute approximate surface area is 194 Å². The fourth-order valence-corrected chi connectivity index (χ4v) is 4.92. The summed E-state index contributed by atoms with van der Waals surface area (Å²) < 4.78 is 38.3. The van der Waals surface area contributed by atoms with Crippen molar-refractivity contribution < 1.29 is 32.7 Å². The smallest absolute Gasteiger partial charge is 0.296 e. The molecule has 0 saturated carbocycles. The molecule has 0 bridgehead atoms. The van der Waals surface area contributed by atoms with E-state index < -0.39 is 26.4 Å². The van der Waals surface area contributed by atoms with Gasteiger partial charge in [-0.05, 0) is 30.3 Å². The molecule has 34 heavy (non-hydrogen) atoms. The maximum Gasteiger partial charge on any atom is 0.296 e. The van der Waals surface area contributed by atoms with Gasteiger partial charge in [-0.3, -0.25) is 14.9 Å². The number of benzene rings is 2. The van der Waals surface area contributed by atoms with Crippen LogP contribution in [0, 0.1) is 10.1 Å². The number of nitro benzene ring substituents is 1. The van der Waals surface area contributed by atoms with Crippen molar-refractivity contribution >= 4 is 21.5 Å². The van der Waals surface area contributed by atoms with Crippen LogP contribution in [-0.2, 0) is 14.8 Å². The second kappa shape index (κ2) is 9.21. The lowest BCUT2D eigenvalue weighted by molar-refractivity contribution is -0.384. The molecular formula is C21H20N4O8S. The lowest BCUT2D eigenvalue weighted by Crippen LogP contribution is -2.40. The van der Waals surface area contributed by atoms with Gasteiger partial charge in [-0.25, -0.2) is 13.1 Å². The molecule has 0 atom stereocenters. The third-order valence-corrected chi connectivity index (χ3v) is 7.19. The summed E-state index contributed by atoms with van der Waals surface area (Å²) in [5, 5.41) is 25.8. The number of phenols is 1. The maximum absolute atomic E-state index is 12.9. The first kappa shape index (κ1) is 23.4. The van der Waals surface area contributed by atoms with Crippen molar-refractivity contribution in [3.05, 3.63) is 70.0 Å². The van der Waals surface area contributed by atoms with Crippen molar-refractivity contribution in [3.8, 4) is 17.2 Å². The Morgan fingerprint density at radius 2 is 1.94 bits per heavy atom. The molecule has 0 radical (unpaired) electrons. The number of carbonyl (C=O) groups excluding carboxylic acids is 1. The zero-order chi connectivity index (χ0) is 24.5. The first-order valence-electron chi connectivity index (χ1n) is 10.1. The van der Waals surface area contributed by atoms with Crippen molar-refractivity contribution in [2.24, 2.45) is 0 Å². The predicted molar refractivity (Wildman–Crippen MR) is 118 cm³/mol. The van der Waals surface area contributed by atoms with Crippen molar-refractivity contribution in [1.82, 2.24) is 14.1 Å². The maximum atomic E-state index is 12.9. The molecule has 0 unspecified atom stereocenters. The second-order valence-electron chi connectivity index (χ2n) is 7.31. The molecule has 13 heteroatoms. The number of aromatic hydroxyl groups is 1. The Morgan fingerprint density at radius 3 is 2.62 bits per heavy atom. The molecule has 2 heterocycles. The van der Waals surface area contributed by atoms with Crippen molar-refractivity contribution in [3.63, 3.8) is 0 Å². The molecule has 1 fully saturated rings. The second-order valence-corrected chi connectivity index (χ2v) is 9.25. The number of rotatable bonds is 7. The minimum Gasteiger partial charge on any atom is -0.507 e. The normalized spacial score (nSPS) is 14.6. The number of morpholine rings is 1. The van der Waals surface area contributed by atoms with Crippen LogP contribution in [-0.4, -0.2) is 71.7 Å². The van der Waals surface area contributed by atoms with E-state index >= 15 is 0 Å². The number of nitro groups is 1. The summed E-state index contributed by atoms with van der Waals surface area (Å²) in [4.78, 5) is 23.7. The van der Waals surface area contributed by atoms with E-state index in [9.17, 15) is 28.4 Å². The van der Waals surface area contributed by atoms with E-state index in [-0.39, 0.29) is 53.8 Å². The lowest BCUT2D eigenvalue weighted by atomic mass is 10.1. The van der Waals surface area contributed by atoms with Gasteiger partial charge in [0.25, 0.3) is 5.69 Å². The molecule has 1 saturated heterocycles. The quantitative estimate of drug-likeness (QED) is 0.297. The monoisotopic (exact) mass is 488 g/mol. The van der Waals surface area contributed by atoms with Crippen LogP contribution >= 0.6 is 0 Å². The van der Waals surface area contributed by atoms with Crippen LogP contribution < -0.4 is 4.74 Å². The topological polar surface area (TPSA) is 154 Å². The minimum absolute atomic E-state index is 0.0275. The van der Waals surface area contributed by atoms with Gasteiger partial charge in [0, 0.05) is 25.4 Å². The van der Waals surface area contributed by atoms with Gasteiger partial charge < -0.3 is 14.6 Å². The molecule has 0 spiro atoms. The number of carbonyl (C=O) groups is 1. The number of sulfonamides is 1. The number of aromatic nitrogens is 2. The van der Waals surface area contributed by atoms with Gasteiger partial charge in [0.05, 0.1) is 47.5 Å². The highest BCUT2D eigenvalue weighted by molar-refractivity contribution is 7.89. The van der Waals surface area contributed by atoms with Crippen LogP contribution in [0.25, 0.3) is 5.69 Å². The van der Waals surface area contributed by atoms with E-state index in [0.717, 1.165) is 10.7 Å². The van der Waals surface area contributed by atoms with Gasteiger partial charge >= 0.3 is 0 Å². The summed E-state index contributed by atoms with van der Waals surface area (Å²) in [6.07, 6.45) is 2.46. The van der Waals surface area contributed by atoms with Crippen molar-refractivity contribution in [2.75, 3.05) is 33.4 Å². The number of nitrogens with zero attached hydrogens (tertiary/aromatic N) is 4. The SMILES string of the molecule is COc1ccc(O)c(C(=O)c2cnn(-c3ccc(S(=O)(=O)N4CCOCC4)cc3[N+](=O)[O-])c2)c1. The van der Waals surface area contributed by atoms with Crippen molar-refractivity contribution in [1.29, 1.82) is 0 Å². The fourth-order valence-electron chi connectivity index (χ4n) is 3.49. The average molecular weight is 488 g/mol. The van der Waals surface area contributed by atoms with Gasteiger partial charge in [-0.2, -0.15) is 9.40 Å². The summed E-state index contributed by atoms with van der Waals surface area (Å²) in [5.41, 5.74) is -0.497. The summed E-state index contributed by atoms with van der Waals surface area (Å²) >= 11 is 0. The number of ketones is 1.